The van der Waals surface area contributed by atoms with Crippen LogP contribution in [0.3, 0.4) is 0 Å². The van der Waals surface area contributed by atoms with Crippen molar-refractivity contribution in [2.75, 3.05) is 69.3 Å². The predicted molar refractivity (Wildman–Crippen MR) is 127 cm³/mol. The van der Waals surface area contributed by atoms with Gasteiger partial charge in [-0.15, -0.1) is 0 Å². The number of aliphatic hydroxyl groups is 7. The normalized spacial score (nSPS) is 13.8. The highest BCUT2D eigenvalue weighted by atomic mass is 32.2. The molecule has 0 saturated heterocycles. The quantitative estimate of drug-likeness (QED) is 0.120. The summed E-state index contributed by atoms with van der Waals surface area (Å²) in [7, 11) is 0. The van der Waals surface area contributed by atoms with Crippen molar-refractivity contribution in [2.24, 2.45) is 5.41 Å². The van der Waals surface area contributed by atoms with Gasteiger partial charge in [-0.2, -0.15) is 47.0 Å². The molecule has 0 aliphatic heterocycles. The zero-order chi connectivity index (χ0) is 22.1. The number of rotatable bonds is 20. The summed E-state index contributed by atoms with van der Waals surface area (Å²) in [6.07, 6.45) is 0.826. The average molecular weight is 495 g/mol. The van der Waals surface area contributed by atoms with Gasteiger partial charge in [-0.1, -0.05) is 6.92 Å². The van der Waals surface area contributed by atoms with Gasteiger partial charge in [0.25, 0.3) is 0 Å². The third-order valence-corrected chi connectivity index (χ3v) is 10.8. The number of aliphatic hydroxyl groups excluding tert-OH is 7. The molecular weight excluding hydrogens is 456 g/mol. The van der Waals surface area contributed by atoms with E-state index in [0.717, 1.165) is 6.42 Å². The van der Waals surface area contributed by atoms with Crippen molar-refractivity contribution in [3.8, 4) is 0 Å². The molecule has 0 radical (unpaired) electrons. The molecule has 0 aromatic rings. The minimum absolute atomic E-state index is 0.0758. The molecule has 11 heteroatoms. The Labute approximate surface area is 191 Å². The topological polar surface area (TPSA) is 142 Å². The van der Waals surface area contributed by atoms with E-state index >= 15 is 0 Å². The van der Waals surface area contributed by atoms with Gasteiger partial charge in [0.05, 0.1) is 62.0 Å². The van der Waals surface area contributed by atoms with E-state index < -0.39 is 0 Å². The Kier molecular flexibility index (Phi) is 19.4. The van der Waals surface area contributed by atoms with E-state index in [0.29, 0.717) is 23.0 Å². The molecule has 0 aliphatic rings. The first-order chi connectivity index (χ1) is 14.0. The SMILES string of the molecule is CCC(CO)SCC(CSC(CO)CO)(CSC(CO)CO)CSC(CO)CO. The van der Waals surface area contributed by atoms with E-state index in [1.807, 2.05) is 6.92 Å². The Balaban J connectivity index is 5.46. The lowest BCUT2D eigenvalue weighted by Gasteiger charge is -2.36. The maximum atomic E-state index is 9.57. The molecule has 7 nitrogen and oxygen atoms in total. The van der Waals surface area contributed by atoms with Crippen LogP contribution in [0.25, 0.3) is 0 Å². The molecule has 7 N–H and O–H groups in total. The largest absolute Gasteiger partial charge is 0.395 e. The Hall–Kier alpha value is 1.12. The van der Waals surface area contributed by atoms with Crippen molar-refractivity contribution >= 4 is 47.0 Å². The second kappa shape index (κ2) is 18.7. The Morgan fingerprint density at radius 2 is 0.724 bits per heavy atom. The van der Waals surface area contributed by atoms with Crippen LogP contribution in [0.2, 0.25) is 0 Å². The maximum absolute atomic E-state index is 9.57. The Morgan fingerprint density at radius 3 is 0.931 bits per heavy atom. The van der Waals surface area contributed by atoms with E-state index in [1.165, 1.54) is 35.3 Å². The van der Waals surface area contributed by atoms with Crippen molar-refractivity contribution < 1.29 is 35.7 Å². The van der Waals surface area contributed by atoms with Gasteiger partial charge in [0.1, 0.15) is 0 Å². The van der Waals surface area contributed by atoms with Gasteiger partial charge in [0, 0.05) is 33.7 Å². The van der Waals surface area contributed by atoms with E-state index in [1.54, 1.807) is 11.8 Å². The van der Waals surface area contributed by atoms with Crippen molar-refractivity contribution in [2.45, 2.75) is 34.3 Å². The van der Waals surface area contributed by atoms with Gasteiger partial charge in [0.15, 0.2) is 0 Å². The summed E-state index contributed by atoms with van der Waals surface area (Å²) in [5.74, 6) is 2.58. The summed E-state index contributed by atoms with van der Waals surface area (Å²) in [5, 5.41) is 65.4. The molecule has 29 heavy (non-hydrogen) atoms. The van der Waals surface area contributed by atoms with Crippen LogP contribution >= 0.6 is 47.0 Å². The fourth-order valence-electron chi connectivity index (χ4n) is 2.22. The molecule has 0 spiro atoms. The van der Waals surface area contributed by atoms with E-state index in [9.17, 15) is 35.7 Å². The molecule has 0 saturated carbocycles. The highest BCUT2D eigenvalue weighted by Crippen LogP contribution is 2.39. The summed E-state index contributed by atoms with van der Waals surface area (Å²) in [4.78, 5) is 0. The monoisotopic (exact) mass is 494 g/mol. The maximum Gasteiger partial charge on any atom is 0.0572 e. The second-order valence-electron chi connectivity index (χ2n) is 6.92. The van der Waals surface area contributed by atoms with E-state index in [2.05, 4.69) is 0 Å². The number of hydrogen-bond donors (Lipinski definition) is 7. The van der Waals surface area contributed by atoms with Crippen LogP contribution in [0.1, 0.15) is 13.3 Å². The minimum atomic E-state index is -0.305. The van der Waals surface area contributed by atoms with Crippen LogP contribution in [0.4, 0.5) is 0 Å². The van der Waals surface area contributed by atoms with Crippen LogP contribution < -0.4 is 0 Å². The Bertz CT molecular complexity index is 297. The summed E-state index contributed by atoms with van der Waals surface area (Å²) in [5.41, 5.74) is -0.305. The van der Waals surface area contributed by atoms with Crippen LogP contribution in [0, 0.1) is 5.41 Å². The van der Waals surface area contributed by atoms with Crippen molar-refractivity contribution in [1.82, 2.24) is 0 Å². The van der Waals surface area contributed by atoms with Gasteiger partial charge in [-0.25, -0.2) is 0 Å². The van der Waals surface area contributed by atoms with Gasteiger partial charge >= 0.3 is 0 Å². The van der Waals surface area contributed by atoms with Gasteiger partial charge in [-0.05, 0) is 6.42 Å². The lowest BCUT2D eigenvalue weighted by Crippen LogP contribution is -2.38. The molecule has 0 amide bonds. The summed E-state index contributed by atoms with van der Waals surface area (Å²) in [6, 6.07) is 0. The zero-order valence-corrected chi connectivity index (χ0v) is 20.3. The molecule has 0 bridgehead atoms. The van der Waals surface area contributed by atoms with Crippen LogP contribution in [0.15, 0.2) is 0 Å². The number of hydrogen-bond acceptors (Lipinski definition) is 11. The lowest BCUT2D eigenvalue weighted by atomic mass is 9.99. The highest BCUT2D eigenvalue weighted by molar-refractivity contribution is 8.02. The van der Waals surface area contributed by atoms with Crippen LogP contribution in [0.5, 0.6) is 0 Å². The lowest BCUT2D eigenvalue weighted by molar-refractivity contribution is 0.228. The van der Waals surface area contributed by atoms with Crippen molar-refractivity contribution in [1.29, 1.82) is 0 Å². The molecule has 0 aromatic heterocycles. The molecule has 1 unspecified atom stereocenters. The zero-order valence-electron chi connectivity index (χ0n) is 17.1. The standard InChI is InChI=1S/C18H38O7S4/c1-2-14(3-19)26-10-18(11-27-15(4-20)5-21,12-28-16(6-22)7-23)13-29-17(8-24)9-25/h14-17,19-25H,2-13H2,1H3. The van der Waals surface area contributed by atoms with Gasteiger partial charge in [0.2, 0.25) is 0 Å². The third kappa shape index (κ3) is 12.7. The molecule has 176 valence electrons. The second-order valence-corrected chi connectivity index (χ2v) is 12.1. The van der Waals surface area contributed by atoms with Crippen molar-refractivity contribution in [3.05, 3.63) is 0 Å². The first-order valence-corrected chi connectivity index (χ1v) is 13.9. The van der Waals surface area contributed by atoms with Crippen molar-refractivity contribution in [3.63, 3.8) is 0 Å². The molecule has 1 atom stereocenters. The fourth-order valence-corrected chi connectivity index (χ4v) is 7.55. The molecule has 0 heterocycles. The molecule has 0 aromatic carbocycles. The van der Waals surface area contributed by atoms with Gasteiger partial charge in [-0.3, -0.25) is 0 Å². The van der Waals surface area contributed by atoms with Gasteiger partial charge < -0.3 is 35.7 Å². The smallest absolute Gasteiger partial charge is 0.0572 e. The molecular formula is C18H38O7S4. The highest BCUT2D eigenvalue weighted by Gasteiger charge is 2.34. The summed E-state index contributed by atoms with van der Waals surface area (Å²) >= 11 is 6.09. The average Bonchev–Trinajstić information content (AvgIpc) is 2.76. The minimum Gasteiger partial charge on any atom is -0.395 e. The van der Waals surface area contributed by atoms with Crippen LogP contribution in [-0.2, 0) is 0 Å². The van der Waals surface area contributed by atoms with E-state index in [4.69, 9.17) is 0 Å². The molecule has 0 rings (SSSR count). The Morgan fingerprint density at radius 1 is 0.483 bits per heavy atom. The molecule has 0 aliphatic carbocycles. The van der Waals surface area contributed by atoms with E-state index in [-0.39, 0.29) is 72.7 Å². The predicted octanol–water partition coefficient (Wildman–Crippen LogP) is -0.264. The third-order valence-electron chi connectivity index (χ3n) is 4.38. The summed E-state index contributed by atoms with van der Waals surface area (Å²) < 4.78 is 0. The molecule has 0 fully saturated rings. The van der Waals surface area contributed by atoms with Crippen LogP contribution in [-0.4, -0.2) is 126 Å². The first kappa shape index (κ1) is 30.1. The first-order valence-electron chi connectivity index (χ1n) is 9.70. The fraction of sp³-hybridized carbons (Fsp3) is 1.00. The number of thioether (sulfide) groups is 4. The summed E-state index contributed by atoms with van der Waals surface area (Å²) in [6.45, 7) is 1.29.